The molecule has 1 N–H and O–H groups in total. The van der Waals surface area contributed by atoms with Crippen molar-refractivity contribution in [1.82, 2.24) is 0 Å². The number of halogens is 1. The predicted octanol–water partition coefficient (Wildman–Crippen LogP) is 3.90. The summed E-state index contributed by atoms with van der Waals surface area (Å²) in [6, 6.07) is 6.69. The number of rotatable bonds is 2. The standard InChI is InChI=1S/C16H23FO/c1-12-5-4-10-15(2,3)16(12,11-18)13-6-8-14(17)9-7-13/h6-9,12,18H,4-5,10-11H2,1-3H3/t12-,16-/m0/s1. The van der Waals surface area contributed by atoms with Crippen molar-refractivity contribution >= 4 is 0 Å². The first-order valence-electron chi connectivity index (χ1n) is 6.81. The van der Waals surface area contributed by atoms with Gasteiger partial charge in [0.15, 0.2) is 0 Å². The lowest BCUT2D eigenvalue weighted by Gasteiger charge is -2.54. The van der Waals surface area contributed by atoms with Gasteiger partial charge in [0.1, 0.15) is 5.82 Å². The summed E-state index contributed by atoms with van der Waals surface area (Å²) in [7, 11) is 0. The molecule has 0 bridgehead atoms. The molecule has 2 atom stereocenters. The van der Waals surface area contributed by atoms with Crippen molar-refractivity contribution in [2.75, 3.05) is 6.61 Å². The van der Waals surface area contributed by atoms with Crippen molar-refractivity contribution in [3.8, 4) is 0 Å². The van der Waals surface area contributed by atoms with Gasteiger partial charge in [-0.15, -0.1) is 0 Å². The molecule has 1 aliphatic carbocycles. The Balaban J connectivity index is 2.53. The van der Waals surface area contributed by atoms with E-state index in [-0.39, 0.29) is 23.3 Å². The maximum Gasteiger partial charge on any atom is 0.123 e. The first-order valence-corrected chi connectivity index (χ1v) is 6.81. The fraction of sp³-hybridized carbons (Fsp3) is 0.625. The molecule has 2 rings (SSSR count). The average Bonchev–Trinajstić information content (AvgIpc) is 2.31. The van der Waals surface area contributed by atoms with Crippen molar-refractivity contribution in [2.24, 2.45) is 11.3 Å². The summed E-state index contributed by atoms with van der Waals surface area (Å²) < 4.78 is 13.1. The number of hydrogen-bond donors (Lipinski definition) is 1. The van der Waals surface area contributed by atoms with Crippen LogP contribution < -0.4 is 0 Å². The molecule has 100 valence electrons. The lowest BCUT2D eigenvalue weighted by atomic mass is 9.51. The highest BCUT2D eigenvalue weighted by atomic mass is 19.1. The highest BCUT2D eigenvalue weighted by molar-refractivity contribution is 5.31. The van der Waals surface area contributed by atoms with E-state index in [1.807, 2.05) is 12.1 Å². The summed E-state index contributed by atoms with van der Waals surface area (Å²) in [6.45, 7) is 6.79. The van der Waals surface area contributed by atoms with Gasteiger partial charge in [0, 0.05) is 5.41 Å². The lowest BCUT2D eigenvalue weighted by molar-refractivity contribution is -0.00724. The van der Waals surface area contributed by atoms with Crippen LogP contribution >= 0.6 is 0 Å². The monoisotopic (exact) mass is 250 g/mol. The van der Waals surface area contributed by atoms with Gasteiger partial charge in [-0.3, -0.25) is 0 Å². The quantitative estimate of drug-likeness (QED) is 0.844. The summed E-state index contributed by atoms with van der Waals surface area (Å²) >= 11 is 0. The third kappa shape index (κ3) is 1.87. The van der Waals surface area contributed by atoms with E-state index in [9.17, 15) is 9.50 Å². The van der Waals surface area contributed by atoms with Gasteiger partial charge in [0.05, 0.1) is 6.61 Å². The van der Waals surface area contributed by atoms with Gasteiger partial charge in [0.25, 0.3) is 0 Å². The molecule has 0 saturated heterocycles. The molecule has 1 fully saturated rings. The van der Waals surface area contributed by atoms with Crippen LogP contribution in [-0.2, 0) is 5.41 Å². The molecule has 0 aromatic heterocycles. The normalized spacial score (nSPS) is 31.3. The summed E-state index contributed by atoms with van der Waals surface area (Å²) in [5.74, 6) is 0.199. The molecule has 1 aliphatic rings. The first-order chi connectivity index (χ1) is 8.44. The van der Waals surface area contributed by atoms with Crippen LogP contribution in [0.25, 0.3) is 0 Å². The maximum absolute atomic E-state index is 13.1. The number of hydrogen-bond acceptors (Lipinski definition) is 1. The van der Waals surface area contributed by atoms with E-state index in [1.54, 1.807) is 0 Å². The third-order valence-corrected chi connectivity index (χ3v) is 5.10. The summed E-state index contributed by atoms with van der Waals surface area (Å²) in [5, 5.41) is 10.1. The van der Waals surface area contributed by atoms with Gasteiger partial charge in [-0.1, -0.05) is 39.3 Å². The smallest absolute Gasteiger partial charge is 0.123 e. The van der Waals surface area contributed by atoms with E-state index < -0.39 is 0 Å². The van der Waals surface area contributed by atoms with Crippen LogP contribution in [0.1, 0.15) is 45.6 Å². The van der Waals surface area contributed by atoms with Crippen molar-refractivity contribution in [1.29, 1.82) is 0 Å². The lowest BCUT2D eigenvalue weighted by Crippen LogP contribution is -2.52. The molecule has 0 unspecified atom stereocenters. The van der Waals surface area contributed by atoms with E-state index >= 15 is 0 Å². The summed E-state index contributed by atoms with van der Waals surface area (Å²) in [5.41, 5.74) is 0.861. The topological polar surface area (TPSA) is 20.2 Å². The molecule has 0 spiro atoms. The highest BCUT2D eigenvalue weighted by Crippen LogP contribution is 2.54. The Morgan fingerprint density at radius 1 is 1.28 bits per heavy atom. The number of aliphatic hydroxyl groups excluding tert-OH is 1. The van der Waals surface area contributed by atoms with Crippen molar-refractivity contribution in [3.05, 3.63) is 35.6 Å². The van der Waals surface area contributed by atoms with E-state index in [2.05, 4.69) is 20.8 Å². The minimum Gasteiger partial charge on any atom is -0.395 e. The molecule has 1 saturated carbocycles. The fourth-order valence-electron chi connectivity index (χ4n) is 3.87. The minimum absolute atomic E-state index is 0.0389. The maximum atomic E-state index is 13.1. The van der Waals surface area contributed by atoms with Crippen LogP contribution in [0.4, 0.5) is 4.39 Å². The van der Waals surface area contributed by atoms with Crippen LogP contribution in [-0.4, -0.2) is 11.7 Å². The van der Waals surface area contributed by atoms with Crippen LogP contribution in [0.15, 0.2) is 24.3 Å². The van der Waals surface area contributed by atoms with E-state index in [0.717, 1.165) is 18.4 Å². The molecular formula is C16H23FO. The Kier molecular flexibility index (Phi) is 3.50. The largest absolute Gasteiger partial charge is 0.395 e. The molecule has 2 heteroatoms. The Morgan fingerprint density at radius 3 is 2.39 bits per heavy atom. The van der Waals surface area contributed by atoms with Gasteiger partial charge in [0.2, 0.25) is 0 Å². The Bertz CT molecular complexity index is 410. The third-order valence-electron chi connectivity index (χ3n) is 5.10. The molecule has 0 radical (unpaired) electrons. The second-order valence-electron chi connectivity index (χ2n) is 6.31. The highest BCUT2D eigenvalue weighted by Gasteiger charge is 2.51. The molecule has 0 amide bonds. The minimum atomic E-state index is -0.251. The molecule has 1 aromatic rings. The second-order valence-corrected chi connectivity index (χ2v) is 6.31. The van der Waals surface area contributed by atoms with Crippen LogP contribution in [0.2, 0.25) is 0 Å². The van der Waals surface area contributed by atoms with Gasteiger partial charge in [-0.25, -0.2) is 4.39 Å². The second kappa shape index (κ2) is 4.65. The van der Waals surface area contributed by atoms with Gasteiger partial charge in [-0.2, -0.15) is 0 Å². The number of aliphatic hydroxyl groups is 1. The van der Waals surface area contributed by atoms with Gasteiger partial charge < -0.3 is 5.11 Å². The summed E-state index contributed by atoms with van der Waals surface area (Å²) in [6.07, 6.45) is 3.44. The first kappa shape index (κ1) is 13.5. The predicted molar refractivity (Wildman–Crippen MR) is 72.0 cm³/mol. The van der Waals surface area contributed by atoms with Crippen LogP contribution in [0.5, 0.6) is 0 Å². The Hall–Kier alpha value is -0.890. The molecule has 1 aromatic carbocycles. The molecular weight excluding hydrogens is 227 g/mol. The van der Waals surface area contributed by atoms with Crippen molar-refractivity contribution in [2.45, 2.75) is 45.4 Å². The Morgan fingerprint density at radius 2 is 1.89 bits per heavy atom. The zero-order valence-corrected chi connectivity index (χ0v) is 11.5. The Labute approximate surface area is 109 Å². The van der Waals surface area contributed by atoms with Gasteiger partial charge in [-0.05, 0) is 41.9 Å². The average molecular weight is 250 g/mol. The van der Waals surface area contributed by atoms with E-state index in [1.165, 1.54) is 18.6 Å². The van der Waals surface area contributed by atoms with Gasteiger partial charge >= 0.3 is 0 Å². The number of benzene rings is 1. The van der Waals surface area contributed by atoms with Crippen molar-refractivity contribution in [3.63, 3.8) is 0 Å². The van der Waals surface area contributed by atoms with Crippen LogP contribution in [0, 0.1) is 17.2 Å². The zero-order valence-electron chi connectivity index (χ0n) is 11.5. The zero-order chi connectivity index (χ0) is 13.4. The molecule has 0 heterocycles. The molecule has 1 nitrogen and oxygen atoms in total. The van der Waals surface area contributed by atoms with E-state index in [4.69, 9.17) is 0 Å². The SMILES string of the molecule is C[C@H]1CCCC(C)(C)[C@]1(CO)c1ccc(F)cc1. The fourth-order valence-corrected chi connectivity index (χ4v) is 3.87. The van der Waals surface area contributed by atoms with E-state index in [0.29, 0.717) is 5.92 Å². The molecule has 18 heavy (non-hydrogen) atoms. The van der Waals surface area contributed by atoms with Crippen LogP contribution in [0.3, 0.4) is 0 Å². The molecule has 0 aliphatic heterocycles. The summed E-state index contributed by atoms with van der Waals surface area (Å²) in [4.78, 5) is 0. The van der Waals surface area contributed by atoms with Crippen molar-refractivity contribution < 1.29 is 9.50 Å².